The molecule has 2 aromatic heterocycles. The smallest absolute Gasteiger partial charge is 0.252 e. The maximum absolute atomic E-state index is 13.1. The summed E-state index contributed by atoms with van der Waals surface area (Å²) in [7, 11) is 0. The Morgan fingerprint density at radius 2 is 1.94 bits per heavy atom. The molecule has 0 aliphatic carbocycles. The number of aryl methyl sites for hydroxylation is 1. The molecule has 0 radical (unpaired) electrons. The highest BCUT2D eigenvalue weighted by Crippen LogP contribution is 2.28. The molecule has 0 bridgehead atoms. The van der Waals surface area contributed by atoms with Gasteiger partial charge < -0.3 is 10.4 Å². The quantitative estimate of drug-likeness (QED) is 0.481. The van der Waals surface area contributed by atoms with E-state index in [9.17, 15) is 9.90 Å². The Labute approximate surface area is 181 Å². The monoisotopic (exact) mass is 414 g/mol. The third-order valence-electron chi connectivity index (χ3n) is 5.33. The van der Waals surface area contributed by atoms with Crippen molar-refractivity contribution in [1.29, 1.82) is 0 Å². The first-order valence-electron chi connectivity index (χ1n) is 10.4. The molecule has 0 spiro atoms. The van der Waals surface area contributed by atoms with Gasteiger partial charge in [-0.2, -0.15) is 5.10 Å². The second-order valence-electron chi connectivity index (χ2n) is 7.97. The van der Waals surface area contributed by atoms with Crippen molar-refractivity contribution in [3.05, 3.63) is 77.5 Å². The second kappa shape index (κ2) is 8.60. The number of hydrogen-bond donors (Lipinski definition) is 2. The number of pyridine rings is 1. The van der Waals surface area contributed by atoms with E-state index in [1.54, 1.807) is 24.4 Å². The van der Waals surface area contributed by atoms with Crippen molar-refractivity contribution in [2.75, 3.05) is 6.54 Å². The Hall–Kier alpha value is -3.67. The van der Waals surface area contributed by atoms with Crippen LogP contribution in [0.2, 0.25) is 0 Å². The van der Waals surface area contributed by atoms with Crippen molar-refractivity contribution in [1.82, 2.24) is 20.1 Å². The molecule has 0 unspecified atom stereocenters. The van der Waals surface area contributed by atoms with E-state index in [1.807, 2.05) is 61.9 Å². The van der Waals surface area contributed by atoms with Crippen LogP contribution in [0.15, 0.2) is 60.8 Å². The van der Waals surface area contributed by atoms with Crippen molar-refractivity contribution in [3.8, 4) is 17.0 Å². The molecule has 1 amide bonds. The van der Waals surface area contributed by atoms with Gasteiger partial charge in [0.2, 0.25) is 0 Å². The highest BCUT2D eigenvalue weighted by molar-refractivity contribution is 6.06. The fourth-order valence-corrected chi connectivity index (χ4v) is 3.71. The molecule has 2 aromatic carbocycles. The van der Waals surface area contributed by atoms with Crippen LogP contribution in [-0.2, 0) is 6.42 Å². The minimum absolute atomic E-state index is 0.124. The number of nitrogens with zero attached hydrogens (tertiary/aromatic N) is 3. The maximum Gasteiger partial charge on any atom is 0.252 e. The number of hydrogen-bond acceptors (Lipinski definition) is 4. The Bertz CT molecular complexity index is 1240. The van der Waals surface area contributed by atoms with E-state index in [4.69, 9.17) is 4.98 Å². The summed E-state index contributed by atoms with van der Waals surface area (Å²) in [5.74, 6) is 0.0642. The average molecular weight is 415 g/mol. The number of aromatic nitrogens is 3. The lowest BCUT2D eigenvalue weighted by Gasteiger charge is -2.12. The standard InChI is InChI=1S/C25H26N4O2/c1-16(2)29-24-22(15-27-29)21(14-23(28-24)20-10-5-4-7-17(20)3)25(31)26-12-11-18-8-6-9-19(30)13-18/h4-10,13-16,30H,11-12H2,1-3H3,(H,26,31). The fraction of sp³-hybridized carbons (Fsp3) is 0.240. The predicted octanol–water partition coefficient (Wildman–Crippen LogP) is 4.67. The number of benzene rings is 2. The highest BCUT2D eigenvalue weighted by atomic mass is 16.3. The first-order chi connectivity index (χ1) is 14.9. The molecule has 0 saturated carbocycles. The first-order valence-corrected chi connectivity index (χ1v) is 10.4. The summed E-state index contributed by atoms with van der Waals surface area (Å²) >= 11 is 0. The van der Waals surface area contributed by atoms with Gasteiger partial charge in [0.1, 0.15) is 5.75 Å². The van der Waals surface area contributed by atoms with E-state index in [0.717, 1.165) is 27.8 Å². The minimum atomic E-state index is -0.161. The molecule has 0 saturated heterocycles. The molecule has 4 aromatic rings. The van der Waals surface area contributed by atoms with Gasteiger partial charge >= 0.3 is 0 Å². The normalized spacial score (nSPS) is 11.2. The lowest BCUT2D eigenvalue weighted by atomic mass is 10.0. The summed E-state index contributed by atoms with van der Waals surface area (Å²) in [5, 5.41) is 17.8. The van der Waals surface area contributed by atoms with Gasteiger partial charge in [0.25, 0.3) is 5.91 Å². The van der Waals surface area contributed by atoms with Crippen molar-refractivity contribution in [2.45, 2.75) is 33.2 Å². The molecular formula is C25H26N4O2. The van der Waals surface area contributed by atoms with E-state index in [-0.39, 0.29) is 17.7 Å². The molecule has 2 N–H and O–H groups in total. The van der Waals surface area contributed by atoms with Crippen molar-refractivity contribution < 1.29 is 9.90 Å². The fourth-order valence-electron chi connectivity index (χ4n) is 3.71. The zero-order valence-corrected chi connectivity index (χ0v) is 18.0. The van der Waals surface area contributed by atoms with E-state index < -0.39 is 0 Å². The largest absolute Gasteiger partial charge is 0.508 e. The summed E-state index contributed by atoms with van der Waals surface area (Å²) < 4.78 is 1.85. The molecule has 158 valence electrons. The van der Waals surface area contributed by atoms with Gasteiger partial charge in [-0.05, 0) is 56.5 Å². The summed E-state index contributed by atoms with van der Waals surface area (Å²) in [5.41, 5.74) is 5.08. The van der Waals surface area contributed by atoms with Crippen LogP contribution in [0.5, 0.6) is 5.75 Å². The van der Waals surface area contributed by atoms with Gasteiger partial charge in [0, 0.05) is 18.2 Å². The van der Waals surface area contributed by atoms with Crippen LogP contribution < -0.4 is 5.32 Å². The third kappa shape index (κ3) is 4.28. The van der Waals surface area contributed by atoms with Gasteiger partial charge in [-0.15, -0.1) is 0 Å². The van der Waals surface area contributed by atoms with Gasteiger partial charge in [-0.1, -0.05) is 36.4 Å². The Kier molecular flexibility index (Phi) is 5.71. The number of rotatable bonds is 6. The molecule has 31 heavy (non-hydrogen) atoms. The molecule has 0 atom stereocenters. The minimum Gasteiger partial charge on any atom is -0.508 e. The number of nitrogens with one attached hydrogen (secondary N) is 1. The van der Waals surface area contributed by atoms with Crippen LogP contribution >= 0.6 is 0 Å². The second-order valence-corrected chi connectivity index (χ2v) is 7.97. The summed E-state index contributed by atoms with van der Waals surface area (Å²) in [6.07, 6.45) is 2.35. The number of amides is 1. The maximum atomic E-state index is 13.1. The molecule has 4 rings (SSSR count). The lowest BCUT2D eigenvalue weighted by Crippen LogP contribution is -2.26. The van der Waals surface area contributed by atoms with Crippen LogP contribution in [0.1, 0.15) is 41.4 Å². The van der Waals surface area contributed by atoms with Crippen molar-refractivity contribution in [3.63, 3.8) is 0 Å². The number of fused-ring (bicyclic) bond motifs is 1. The molecule has 6 nitrogen and oxygen atoms in total. The molecular weight excluding hydrogens is 388 g/mol. The van der Waals surface area contributed by atoms with Gasteiger partial charge in [-0.25, -0.2) is 9.67 Å². The molecule has 2 heterocycles. The number of carbonyl (C=O) groups excluding carboxylic acids is 1. The summed E-state index contributed by atoms with van der Waals surface area (Å²) in [6, 6.07) is 17.1. The average Bonchev–Trinajstić information content (AvgIpc) is 3.18. The predicted molar refractivity (Wildman–Crippen MR) is 122 cm³/mol. The number of carbonyl (C=O) groups is 1. The SMILES string of the molecule is Cc1ccccc1-c1cc(C(=O)NCCc2cccc(O)c2)c2cnn(C(C)C)c2n1. The lowest BCUT2D eigenvalue weighted by molar-refractivity contribution is 0.0955. The molecule has 0 aliphatic rings. The van der Waals surface area contributed by atoms with Gasteiger partial charge in [-0.3, -0.25) is 4.79 Å². The zero-order valence-electron chi connectivity index (χ0n) is 18.0. The van der Waals surface area contributed by atoms with Gasteiger partial charge in [0.05, 0.1) is 22.8 Å². The van der Waals surface area contributed by atoms with E-state index >= 15 is 0 Å². The first kappa shape index (κ1) is 20.6. The van der Waals surface area contributed by atoms with E-state index in [1.165, 1.54) is 0 Å². The topological polar surface area (TPSA) is 80.0 Å². The van der Waals surface area contributed by atoms with Crippen LogP contribution in [0.25, 0.3) is 22.3 Å². The van der Waals surface area contributed by atoms with Crippen LogP contribution in [0.4, 0.5) is 0 Å². The Balaban J connectivity index is 1.68. The summed E-state index contributed by atoms with van der Waals surface area (Å²) in [6.45, 7) is 6.59. The van der Waals surface area contributed by atoms with Crippen molar-refractivity contribution in [2.24, 2.45) is 0 Å². The molecule has 6 heteroatoms. The van der Waals surface area contributed by atoms with Crippen LogP contribution in [-0.4, -0.2) is 32.3 Å². The highest BCUT2D eigenvalue weighted by Gasteiger charge is 2.19. The number of phenols is 1. The molecule has 0 aliphatic heterocycles. The zero-order chi connectivity index (χ0) is 22.0. The number of phenolic OH excluding ortho intramolecular Hbond substituents is 1. The Morgan fingerprint density at radius 1 is 1.13 bits per heavy atom. The van der Waals surface area contributed by atoms with Crippen LogP contribution in [0.3, 0.4) is 0 Å². The summed E-state index contributed by atoms with van der Waals surface area (Å²) in [4.78, 5) is 18.0. The van der Waals surface area contributed by atoms with E-state index in [2.05, 4.69) is 10.4 Å². The third-order valence-corrected chi connectivity index (χ3v) is 5.33. The van der Waals surface area contributed by atoms with E-state index in [0.29, 0.717) is 24.2 Å². The van der Waals surface area contributed by atoms with Crippen molar-refractivity contribution >= 4 is 16.9 Å². The molecule has 0 fully saturated rings. The Morgan fingerprint density at radius 3 is 2.68 bits per heavy atom. The van der Waals surface area contributed by atoms with Gasteiger partial charge in [0.15, 0.2) is 5.65 Å². The number of aromatic hydroxyl groups is 1. The van der Waals surface area contributed by atoms with Crippen LogP contribution in [0, 0.1) is 6.92 Å².